The molecule has 6 N–H and O–H groups in total. The van der Waals surface area contributed by atoms with Crippen LogP contribution in [0.2, 0.25) is 5.02 Å². The minimum Gasteiger partial charge on any atom is -0.491 e. The summed E-state index contributed by atoms with van der Waals surface area (Å²) < 4.78 is 45.9. The normalized spacial score (nSPS) is 13.1. The lowest BCUT2D eigenvalue weighted by Crippen LogP contribution is -2.21. The summed E-state index contributed by atoms with van der Waals surface area (Å²) in [6, 6.07) is 13.7. The third-order valence-electron chi connectivity index (χ3n) is 5.26. The third kappa shape index (κ3) is 6.81. The zero-order valence-corrected chi connectivity index (χ0v) is 19.9. The number of alkyl halides is 3. The first-order valence-corrected chi connectivity index (χ1v) is 11.2. The molecule has 1 amide bonds. The molecule has 2 unspecified atom stereocenters. The summed E-state index contributed by atoms with van der Waals surface area (Å²) in [5.41, 5.74) is 6.15. The summed E-state index contributed by atoms with van der Waals surface area (Å²) in [6.07, 6.45) is -5.64. The molecule has 192 valence electrons. The maximum atomic E-state index is 13.5. The molecule has 7 nitrogen and oxygen atoms in total. The van der Waals surface area contributed by atoms with Crippen LogP contribution in [-0.4, -0.2) is 35.4 Å². The zero-order valence-electron chi connectivity index (χ0n) is 19.1. The van der Waals surface area contributed by atoms with Crippen LogP contribution in [-0.2, 0) is 6.18 Å². The van der Waals surface area contributed by atoms with Gasteiger partial charge in [0.25, 0.3) is 5.91 Å². The van der Waals surface area contributed by atoms with Gasteiger partial charge in [-0.3, -0.25) is 4.79 Å². The van der Waals surface area contributed by atoms with Gasteiger partial charge in [-0.15, -0.1) is 0 Å². The van der Waals surface area contributed by atoms with Crippen molar-refractivity contribution in [1.29, 1.82) is 0 Å². The lowest BCUT2D eigenvalue weighted by Gasteiger charge is -2.22. The summed E-state index contributed by atoms with van der Waals surface area (Å²) in [7, 11) is 0. The van der Waals surface area contributed by atoms with Gasteiger partial charge in [0.1, 0.15) is 18.5 Å². The van der Waals surface area contributed by atoms with Crippen molar-refractivity contribution in [2.75, 3.05) is 29.6 Å². The number of benzene rings is 3. The minimum absolute atomic E-state index is 0.0238. The van der Waals surface area contributed by atoms with Crippen LogP contribution in [0.5, 0.6) is 5.75 Å². The predicted octanol–water partition coefficient (Wildman–Crippen LogP) is 5.10. The Morgan fingerprint density at radius 2 is 1.86 bits per heavy atom. The van der Waals surface area contributed by atoms with Gasteiger partial charge in [-0.1, -0.05) is 29.8 Å². The summed E-state index contributed by atoms with van der Waals surface area (Å²) >= 11 is 5.77. The van der Waals surface area contributed by atoms with E-state index in [9.17, 15) is 23.1 Å². The number of amides is 1. The number of rotatable bonds is 9. The van der Waals surface area contributed by atoms with Gasteiger partial charge in [0.2, 0.25) is 0 Å². The second-order valence-corrected chi connectivity index (χ2v) is 8.43. The molecule has 3 rings (SSSR count). The number of nitrogens with one attached hydrogen (secondary N) is 2. The number of hydrogen-bond donors (Lipinski definition) is 5. The van der Waals surface area contributed by atoms with Gasteiger partial charge in [0, 0.05) is 22.8 Å². The van der Waals surface area contributed by atoms with Crippen molar-refractivity contribution >= 4 is 34.6 Å². The largest absolute Gasteiger partial charge is 0.491 e. The smallest absolute Gasteiger partial charge is 0.416 e. The van der Waals surface area contributed by atoms with Gasteiger partial charge >= 0.3 is 6.18 Å². The fourth-order valence-corrected chi connectivity index (χ4v) is 3.63. The number of aliphatic hydroxyl groups excluding tert-OH is 2. The molecule has 0 aliphatic heterocycles. The zero-order chi connectivity index (χ0) is 26.5. The van der Waals surface area contributed by atoms with E-state index in [0.29, 0.717) is 11.4 Å². The van der Waals surface area contributed by atoms with Gasteiger partial charge in [-0.25, -0.2) is 0 Å². The van der Waals surface area contributed by atoms with Crippen LogP contribution < -0.4 is 21.1 Å². The van der Waals surface area contributed by atoms with Crippen LogP contribution in [0.25, 0.3) is 0 Å². The SMILES string of the molecule is CC(Nc1cccc(C(=O)Nc2cccc(OCC(O)CO)c2)c1N)c1ccc(Cl)cc1C(F)(F)F. The molecule has 0 fully saturated rings. The van der Waals surface area contributed by atoms with Crippen molar-refractivity contribution in [2.45, 2.75) is 25.2 Å². The van der Waals surface area contributed by atoms with Gasteiger partial charge in [0.15, 0.2) is 0 Å². The Balaban J connectivity index is 1.78. The number of hydrogen-bond acceptors (Lipinski definition) is 6. The van der Waals surface area contributed by atoms with Crippen molar-refractivity contribution in [3.63, 3.8) is 0 Å². The van der Waals surface area contributed by atoms with E-state index in [4.69, 9.17) is 27.2 Å². The number of halogens is 4. The van der Waals surface area contributed by atoms with Crippen LogP contribution in [0.3, 0.4) is 0 Å². The second kappa shape index (κ2) is 11.5. The molecule has 0 aliphatic rings. The molecule has 3 aromatic carbocycles. The predicted molar refractivity (Wildman–Crippen MR) is 132 cm³/mol. The number of ether oxygens (including phenoxy) is 1. The first kappa shape index (κ1) is 27.1. The first-order valence-electron chi connectivity index (χ1n) is 10.8. The van der Waals surface area contributed by atoms with Crippen LogP contribution in [0, 0.1) is 0 Å². The van der Waals surface area contributed by atoms with E-state index in [2.05, 4.69) is 10.6 Å². The Labute approximate surface area is 210 Å². The molecule has 0 heterocycles. The maximum absolute atomic E-state index is 13.5. The molecule has 0 aliphatic carbocycles. The molecule has 0 saturated carbocycles. The fraction of sp³-hybridized carbons (Fsp3) is 0.240. The number of aliphatic hydroxyl groups is 2. The van der Waals surface area contributed by atoms with Gasteiger partial charge < -0.3 is 31.3 Å². The van der Waals surface area contributed by atoms with E-state index < -0.39 is 36.4 Å². The van der Waals surface area contributed by atoms with Crippen molar-refractivity contribution in [3.8, 4) is 5.75 Å². The summed E-state index contributed by atoms with van der Waals surface area (Å²) in [5, 5.41) is 23.9. The molecule has 0 aromatic heterocycles. The molecule has 0 spiro atoms. The average Bonchev–Trinajstić information content (AvgIpc) is 2.83. The summed E-state index contributed by atoms with van der Waals surface area (Å²) in [4.78, 5) is 12.9. The fourth-order valence-electron chi connectivity index (χ4n) is 3.46. The first-order chi connectivity index (χ1) is 17.0. The van der Waals surface area contributed by atoms with Crippen molar-refractivity contribution < 1.29 is 32.9 Å². The van der Waals surface area contributed by atoms with E-state index in [1.165, 1.54) is 24.3 Å². The van der Waals surface area contributed by atoms with Crippen LogP contribution in [0.1, 0.15) is 34.5 Å². The van der Waals surface area contributed by atoms with E-state index in [1.54, 1.807) is 37.3 Å². The number of nitrogen functional groups attached to an aromatic ring is 1. The molecule has 2 atom stereocenters. The molecule has 0 radical (unpaired) electrons. The molecule has 0 saturated heterocycles. The molecule has 11 heteroatoms. The quantitative estimate of drug-likeness (QED) is 0.249. The number of carbonyl (C=O) groups is 1. The average molecular weight is 524 g/mol. The Bertz CT molecular complexity index is 1220. The molecular formula is C25H25ClF3N3O4. The number of para-hydroxylation sites is 1. The van der Waals surface area contributed by atoms with Crippen molar-refractivity contribution in [2.24, 2.45) is 0 Å². The Morgan fingerprint density at radius 1 is 1.14 bits per heavy atom. The van der Waals surface area contributed by atoms with Gasteiger partial charge in [-0.2, -0.15) is 13.2 Å². The van der Waals surface area contributed by atoms with E-state index in [-0.39, 0.29) is 34.1 Å². The Hall–Kier alpha value is -3.47. The summed E-state index contributed by atoms with van der Waals surface area (Å²) in [5.74, 6) is -0.181. The number of anilines is 3. The highest BCUT2D eigenvalue weighted by Gasteiger charge is 2.35. The van der Waals surface area contributed by atoms with Crippen molar-refractivity contribution in [3.05, 3.63) is 82.4 Å². The highest BCUT2D eigenvalue weighted by atomic mass is 35.5. The molecular weight excluding hydrogens is 499 g/mol. The second-order valence-electron chi connectivity index (χ2n) is 7.99. The number of carbonyl (C=O) groups excluding carboxylic acids is 1. The molecule has 36 heavy (non-hydrogen) atoms. The lowest BCUT2D eigenvalue weighted by molar-refractivity contribution is -0.138. The highest BCUT2D eigenvalue weighted by molar-refractivity contribution is 6.30. The third-order valence-corrected chi connectivity index (χ3v) is 5.49. The van der Waals surface area contributed by atoms with Crippen molar-refractivity contribution in [1.82, 2.24) is 0 Å². The standard InChI is InChI=1S/C25H25ClF3N3O4/c1-14(19-9-8-15(26)10-21(19)25(27,28)29)31-22-7-3-6-20(23(22)30)24(35)32-16-4-2-5-18(11-16)36-13-17(34)12-33/h2-11,14,17,31,33-34H,12-13,30H2,1H3,(H,32,35). The van der Waals surface area contributed by atoms with Crippen LogP contribution >= 0.6 is 11.6 Å². The van der Waals surface area contributed by atoms with Gasteiger partial charge in [-0.05, 0) is 48.9 Å². The highest BCUT2D eigenvalue weighted by Crippen LogP contribution is 2.38. The number of nitrogens with two attached hydrogens (primary N) is 1. The summed E-state index contributed by atoms with van der Waals surface area (Å²) in [6.45, 7) is 0.967. The Kier molecular flexibility index (Phi) is 8.67. The molecule has 0 bridgehead atoms. The minimum atomic E-state index is -4.60. The lowest BCUT2D eigenvalue weighted by atomic mass is 10.00. The Morgan fingerprint density at radius 3 is 2.56 bits per heavy atom. The van der Waals surface area contributed by atoms with Gasteiger partial charge in [0.05, 0.1) is 29.1 Å². The molecule has 3 aromatic rings. The maximum Gasteiger partial charge on any atom is 0.416 e. The van der Waals surface area contributed by atoms with E-state index >= 15 is 0 Å². The van der Waals surface area contributed by atoms with Crippen LogP contribution in [0.15, 0.2) is 60.7 Å². The topological polar surface area (TPSA) is 117 Å². The monoisotopic (exact) mass is 523 g/mol. The van der Waals surface area contributed by atoms with E-state index in [1.807, 2.05) is 0 Å². The van der Waals surface area contributed by atoms with Crippen LogP contribution in [0.4, 0.5) is 30.2 Å². The van der Waals surface area contributed by atoms with E-state index in [0.717, 1.165) is 6.07 Å².